The maximum atomic E-state index is 11.8. The first-order valence-corrected chi connectivity index (χ1v) is 5.40. The SMILES string of the molecule is CCOC(=O)c1cnc2ccccc2c1N=[N+]=N. The van der Waals surface area contributed by atoms with Crippen LogP contribution in [-0.4, -0.2) is 17.6 Å². The number of para-hydroxylation sites is 1. The van der Waals surface area contributed by atoms with Gasteiger partial charge in [0.1, 0.15) is 11.1 Å². The van der Waals surface area contributed by atoms with Gasteiger partial charge in [-0.05, 0) is 13.0 Å². The Labute approximate surface area is 103 Å². The number of pyridine rings is 1. The highest BCUT2D eigenvalue weighted by Crippen LogP contribution is 2.28. The molecule has 1 aromatic heterocycles. The van der Waals surface area contributed by atoms with Crippen molar-refractivity contribution in [3.8, 4) is 0 Å². The normalized spacial score (nSPS) is 9.83. The molecule has 6 heteroatoms. The first-order valence-electron chi connectivity index (χ1n) is 5.40. The summed E-state index contributed by atoms with van der Waals surface area (Å²) in [7, 11) is 0. The minimum Gasteiger partial charge on any atom is -0.462 e. The highest BCUT2D eigenvalue weighted by molar-refractivity contribution is 6.03. The van der Waals surface area contributed by atoms with E-state index in [2.05, 4.69) is 15.0 Å². The summed E-state index contributed by atoms with van der Waals surface area (Å²) in [5.41, 5.74) is 8.06. The molecule has 0 saturated carbocycles. The predicted octanol–water partition coefficient (Wildman–Crippen LogP) is 2.59. The van der Waals surface area contributed by atoms with Crippen LogP contribution in [0.2, 0.25) is 0 Å². The molecule has 6 nitrogen and oxygen atoms in total. The van der Waals surface area contributed by atoms with Crippen molar-refractivity contribution in [2.45, 2.75) is 6.92 Å². The molecule has 2 aromatic rings. The average Bonchev–Trinajstić information content (AvgIpc) is 2.39. The Balaban J connectivity index is 2.70. The number of ether oxygens (including phenoxy) is 1. The second-order valence-electron chi connectivity index (χ2n) is 3.46. The smallest absolute Gasteiger partial charge is 0.342 e. The fourth-order valence-electron chi connectivity index (χ4n) is 1.64. The number of esters is 1. The van der Waals surface area contributed by atoms with Gasteiger partial charge in [-0.1, -0.05) is 18.2 Å². The lowest BCUT2D eigenvalue weighted by atomic mass is 10.1. The van der Waals surface area contributed by atoms with Crippen molar-refractivity contribution >= 4 is 22.6 Å². The number of hydrogen-bond acceptors (Lipinski definition) is 5. The van der Waals surface area contributed by atoms with Crippen molar-refractivity contribution in [2.75, 3.05) is 6.61 Å². The van der Waals surface area contributed by atoms with Gasteiger partial charge in [0.2, 0.25) is 4.91 Å². The van der Waals surface area contributed by atoms with Gasteiger partial charge in [0.15, 0.2) is 10.8 Å². The Hall–Kier alpha value is -2.59. The van der Waals surface area contributed by atoms with Crippen LogP contribution in [0.1, 0.15) is 17.3 Å². The lowest BCUT2D eigenvalue weighted by molar-refractivity contribution is 0.0527. The molecule has 0 unspecified atom stereocenters. The quantitative estimate of drug-likeness (QED) is 0.510. The van der Waals surface area contributed by atoms with E-state index in [0.717, 1.165) is 0 Å². The average molecular weight is 243 g/mol. The molecular weight excluding hydrogens is 232 g/mol. The molecule has 0 amide bonds. The number of carbonyl (C=O) groups excluding carboxylic acids is 1. The zero-order valence-electron chi connectivity index (χ0n) is 9.75. The molecule has 0 aliphatic heterocycles. The molecular formula is C12H11N4O2+. The molecule has 2 rings (SSSR count). The molecule has 90 valence electrons. The Morgan fingerprint density at radius 3 is 3.00 bits per heavy atom. The number of nitrogens with one attached hydrogen (secondary N) is 1. The van der Waals surface area contributed by atoms with E-state index >= 15 is 0 Å². The van der Waals surface area contributed by atoms with E-state index < -0.39 is 5.97 Å². The number of rotatable bonds is 3. The van der Waals surface area contributed by atoms with E-state index in [0.29, 0.717) is 16.6 Å². The summed E-state index contributed by atoms with van der Waals surface area (Å²) in [4.78, 5) is 18.9. The van der Waals surface area contributed by atoms with Crippen molar-refractivity contribution in [1.82, 2.24) is 9.90 Å². The summed E-state index contributed by atoms with van der Waals surface area (Å²) < 4.78 is 4.92. The van der Waals surface area contributed by atoms with Gasteiger partial charge in [-0.15, -0.1) is 0 Å². The van der Waals surface area contributed by atoms with Crippen molar-refractivity contribution in [1.29, 1.82) is 5.53 Å². The van der Waals surface area contributed by atoms with Gasteiger partial charge in [0.25, 0.3) is 0 Å². The van der Waals surface area contributed by atoms with Crippen molar-refractivity contribution < 1.29 is 9.53 Å². The standard InChI is InChI=1S/C12H11N4O2/c1-2-18-12(17)9-7-14-10-6-4-3-5-8(10)11(9)15-16-13/h3-7,13H,2H2,1H3/q+1. The van der Waals surface area contributed by atoms with E-state index in [-0.39, 0.29) is 12.2 Å². The van der Waals surface area contributed by atoms with Crippen LogP contribution in [0.25, 0.3) is 10.9 Å². The minimum atomic E-state index is -0.516. The lowest BCUT2D eigenvalue weighted by Crippen LogP contribution is -2.05. The largest absolute Gasteiger partial charge is 0.462 e. The van der Waals surface area contributed by atoms with Crippen LogP contribution in [-0.2, 0) is 4.74 Å². The van der Waals surface area contributed by atoms with Crippen LogP contribution in [0.5, 0.6) is 0 Å². The van der Waals surface area contributed by atoms with Crippen molar-refractivity contribution in [3.63, 3.8) is 0 Å². The fraction of sp³-hybridized carbons (Fsp3) is 0.167. The van der Waals surface area contributed by atoms with Crippen molar-refractivity contribution in [3.05, 3.63) is 36.0 Å². The Morgan fingerprint density at radius 1 is 1.50 bits per heavy atom. The van der Waals surface area contributed by atoms with Crippen LogP contribution in [0.15, 0.2) is 35.6 Å². The molecule has 0 fully saturated rings. The third kappa shape index (κ3) is 2.09. The zero-order chi connectivity index (χ0) is 13.0. The maximum absolute atomic E-state index is 11.8. The summed E-state index contributed by atoms with van der Waals surface area (Å²) in [5.74, 6) is -0.516. The maximum Gasteiger partial charge on any atom is 0.342 e. The fourth-order valence-corrected chi connectivity index (χ4v) is 1.64. The first-order chi connectivity index (χ1) is 8.77. The van der Waals surface area contributed by atoms with Gasteiger partial charge in [0.05, 0.1) is 12.1 Å². The number of carbonyl (C=O) groups is 1. The van der Waals surface area contributed by atoms with E-state index in [4.69, 9.17) is 10.3 Å². The molecule has 0 radical (unpaired) electrons. The first kappa shape index (κ1) is 11.9. The highest BCUT2D eigenvalue weighted by atomic mass is 16.5. The summed E-state index contributed by atoms with van der Waals surface area (Å²) in [5, 5.41) is 4.35. The second kappa shape index (κ2) is 5.16. The van der Waals surface area contributed by atoms with Crippen LogP contribution in [0.4, 0.5) is 5.69 Å². The summed E-state index contributed by atoms with van der Waals surface area (Å²) in [6, 6.07) is 7.21. The van der Waals surface area contributed by atoms with Crippen LogP contribution >= 0.6 is 0 Å². The van der Waals surface area contributed by atoms with Gasteiger partial charge < -0.3 is 4.74 Å². The van der Waals surface area contributed by atoms with Crippen LogP contribution < -0.4 is 4.91 Å². The molecule has 1 aromatic carbocycles. The predicted molar refractivity (Wildman–Crippen MR) is 64.6 cm³/mol. The van der Waals surface area contributed by atoms with Gasteiger partial charge in [-0.25, -0.2) is 4.79 Å². The molecule has 0 aliphatic rings. The number of aromatic nitrogens is 1. The van der Waals surface area contributed by atoms with Crippen LogP contribution in [0, 0.1) is 5.53 Å². The number of fused-ring (bicyclic) bond motifs is 1. The molecule has 0 saturated heterocycles. The molecule has 0 bridgehead atoms. The van der Waals surface area contributed by atoms with Crippen molar-refractivity contribution in [2.24, 2.45) is 5.11 Å². The van der Waals surface area contributed by atoms with Gasteiger partial charge in [0, 0.05) is 11.6 Å². The number of nitrogens with zero attached hydrogens (tertiary/aromatic N) is 3. The lowest BCUT2D eigenvalue weighted by Gasteiger charge is -2.04. The van der Waals surface area contributed by atoms with Crippen LogP contribution in [0.3, 0.4) is 0 Å². The van der Waals surface area contributed by atoms with E-state index in [1.165, 1.54) is 6.20 Å². The molecule has 18 heavy (non-hydrogen) atoms. The zero-order valence-corrected chi connectivity index (χ0v) is 9.75. The van der Waals surface area contributed by atoms with E-state index in [1.54, 1.807) is 19.1 Å². The Bertz CT molecular complexity index is 648. The second-order valence-corrected chi connectivity index (χ2v) is 3.46. The number of hydrogen-bond donors (Lipinski definition) is 1. The van der Waals surface area contributed by atoms with Gasteiger partial charge in [-0.3, -0.25) is 4.98 Å². The third-order valence-electron chi connectivity index (χ3n) is 2.39. The Kier molecular flexibility index (Phi) is 3.41. The molecule has 0 aliphatic carbocycles. The van der Waals surface area contributed by atoms with Gasteiger partial charge in [-0.2, -0.15) is 0 Å². The molecule has 1 N–H and O–H groups in total. The van der Waals surface area contributed by atoms with E-state index in [9.17, 15) is 4.79 Å². The highest BCUT2D eigenvalue weighted by Gasteiger charge is 2.19. The number of benzene rings is 1. The van der Waals surface area contributed by atoms with E-state index in [1.807, 2.05) is 12.1 Å². The molecule has 0 atom stereocenters. The Morgan fingerprint density at radius 2 is 2.28 bits per heavy atom. The summed E-state index contributed by atoms with van der Waals surface area (Å²) >= 11 is 0. The van der Waals surface area contributed by atoms with Gasteiger partial charge >= 0.3 is 5.97 Å². The minimum absolute atomic E-state index is 0.214. The molecule has 0 spiro atoms. The summed E-state index contributed by atoms with van der Waals surface area (Å²) in [6.07, 6.45) is 1.39. The summed E-state index contributed by atoms with van der Waals surface area (Å²) in [6.45, 7) is 1.99. The third-order valence-corrected chi connectivity index (χ3v) is 2.39. The topological polar surface area (TPSA) is 89.5 Å². The monoisotopic (exact) mass is 243 g/mol. The molecule has 1 heterocycles.